The Morgan fingerprint density at radius 2 is 0.512 bits per heavy atom. The maximum absolute atomic E-state index is 13.0. The highest BCUT2D eigenvalue weighted by molar-refractivity contribution is 8.19. The predicted octanol–water partition coefficient (Wildman–Crippen LogP) is 12.6. The Hall–Kier alpha value is 0.400. The molecule has 0 bridgehead atoms. The molecule has 0 aromatic rings. The van der Waals surface area contributed by atoms with E-state index in [0.717, 1.165) is 127 Å². The third kappa shape index (κ3) is 54.5. The first-order chi connectivity index (χ1) is 39.1. The van der Waals surface area contributed by atoms with E-state index in [1.165, 1.54) is 0 Å². The van der Waals surface area contributed by atoms with Gasteiger partial charge in [-0.15, -0.1) is 94.1 Å². The van der Waals surface area contributed by atoms with E-state index in [1.807, 2.05) is 47.0 Å². The second-order valence-electron chi connectivity index (χ2n) is 21.4. The molecule has 0 aliphatic rings. The third-order valence-electron chi connectivity index (χ3n) is 11.8. The molecule has 0 spiro atoms. The van der Waals surface area contributed by atoms with Crippen LogP contribution in [0.3, 0.4) is 0 Å². The number of thioether (sulfide) groups is 8. The maximum atomic E-state index is 13.0. The number of ether oxygens (including phenoxy) is 8. The van der Waals surface area contributed by atoms with Crippen molar-refractivity contribution < 1.29 is 57.1 Å². The lowest BCUT2D eigenvalue weighted by molar-refractivity contribution is -0.145. The van der Waals surface area contributed by atoms with Gasteiger partial charge in [0.1, 0.15) is 26.4 Å². The van der Waals surface area contributed by atoms with Crippen molar-refractivity contribution in [1.29, 1.82) is 0 Å². The van der Waals surface area contributed by atoms with Crippen molar-refractivity contribution in [3.05, 3.63) is 0 Å². The number of nitrogens with zero attached hydrogens (tertiary/aromatic N) is 3. The molecule has 0 aromatic heterocycles. The first kappa shape index (κ1) is 82.4. The number of hydrogen-bond acceptors (Lipinski definition) is 23. The van der Waals surface area contributed by atoms with Gasteiger partial charge in [0.05, 0.1) is 68.4 Å². The minimum atomic E-state index is -0.237. The largest absolute Gasteiger partial charge is 0.465 e. The van der Waals surface area contributed by atoms with E-state index >= 15 is 0 Å². The van der Waals surface area contributed by atoms with Gasteiger partial charge < -0.3 is 52.6 Å². The van der Waals surface area contributed by atoms with E-state index in [4.69, 9.17) is 37.9 Å². The lowest BCUT2D eigenvalue weighted by Gasteiger charge is -2.25. The van der Waals surface area contributed by atoms with Crippen LogP contribution in [0.1, 0.15) is 147 Å². The number of rotatable bonds is 60. The molecule has 0 unspecified atom stereocenters. The highest BCUT2D eigenvalue weighted by Crippen LogP contribution is 2.38. The number of hydrogen-bond donors (Lipinski definition) is 0. The molecule has 0 aliphatic heterocycles. The molecule has 15 nitrogen and oxygen atoms in total. The number of esters is 4. The summed E-state index contributed by atoms with van der Waals surface area (Å²) in [6.07, 6.45) is 6.70. The summed E-state index contributed by atoms with van der Waals surface area (Å²) in [4.78, 5) is 58.7. The van der Waals surface area contributed by atoms with E-state index in [-0.39, 0.29) is 65.9 Å². The zero-order chi connectivity index (χ0) is 61.2. The Labute approximate surface area is 534 Å². The van der Waals surface area contributed by atoms with Gasteiger partial charge in [0.25, 0.3) is 0 Å². The van der Waals surface area contributed by atoms with Crippen molar-refractivity contribution in [1.82, 2.24) is 14.7 Å². The smallest absolute Gasteiger partial charge is 0.307 e. The minimum Gasteiger partial charge on any atom is -0.465 e. The van der Waals surface area contributed by atoms with Crippen LogP contribution in [-0.2, 0) is 57.1 Å². The summed E-state index contributed by atoms with van der Waals surface area (Å²) < 4.78 is 45.2. The van der Waals surface area contributed by atoms with Crippen molar-refractivity contribution in [2.75, 3.05) is 185 Å². The van der Waals surface area contributed by atoms with Crippen LogP contribution in [0.25, 0.3) is 0 Å². The van der Waals surface area contributed by atoms with Crippen LogP contribution in [0.15, 0.2) is 0 Å². The standard InChI is InChI=1S/C59H115N3O12S8/c1-14-32-67-36-44-75-56(5,6)79-48-40-71-52(63)20-28-61(29-21-53(64)72-41-49-80-57(7,8)76-45-37-68-33-15-2)26-18-24-60(13)25-19-27-62(30-22-54(65)73-42-50-81-58(9,10)77-46-38-69-34-16-3)31-23-55(66)74-43-51-82-59(11,12)78-47-39-70-35-17-4/h14-51H2,1-13H3. The number of carbonyl (C=O) groups excluding carboxylic acids is 4. The molecule has 0 amide bonds. The molecule has 0 aliphatic carbocycles. The molecular weight excluding hydrogens is 1200 g/mol. The lowest BCUT2D eigenvalue weighted by atomic mass is 10.2. The summed E-state index contributed by atoms with van der Waals surface area (Å²) in [7, 11) is 2.10. The van der Waals surface area contributed by atoms with Crippen LogP contribution in [-0.4, -0.2) is 240 Å². The summed E-state index contributed by atoms with van der Waals surface area (Å²) in [5, 5.41) is 0. The van der Waals surface area contributed by atoms with Crippen molar-refractivity contribution >= 4 is 118 Å². The second-order valence-corrected chi connectivity index (χ2v) is 36.2. The first-order valence-corrected chi connectivity index (χ1v) is 38.1. The van der Waals surface area contributed by atoms with E-state index in [1.54, 1.807) is 47.0 Å². The van der Waals surface area contributed by atoms with Crippen LogP contribution in [0.5, 0.6) is 0 Å². The zero-order valence-corrected chi connectivity index (χ0v) is 59.9. The Morgan fingerprint density at radius 3 is 0.720 bits per heavy atom. The Balaban J connectivity index is 5.44. The fourth-order valence-corrected chi connectivity index (χ4v) is 16.2. The van der Waals surface area contributed by atoms with Crippen molar-refractivity contribution in [3.63, 3.8) is 0 Å². The molecule has 0 saturated carbocycles. The Kier molecular flexibility index (Phi) is 53.5. The average molecular weight is 1320 g/mol. The molecular formula is C59H115N3O12S8. The van der Waals surface area contributed by atoms with E-state index in [2.05, 4.69) is 105 Å². The second kappa shape index (κ2) is 53.3. The Morgan fingerprint density at radius 1 is 0.305 bits per heavy atom. The van der Waals surface area contributed by atoms with E-state index in [9.17, 15) is 19.2 Å². The lowest BCUT2D eigenvalue weighted by Crippen LogP contribution is -2.34. The minimum absolute atomic E-state index is 0.0102. The zero-order valence-electron chi connectivity index (χ0n) is 53.4. The summed E-state index contributed by atoms with van der Waals surface area (Å²) in [5.41, 5.74) is 0. The van der Waals surface area contributed by atoms with Crippen LogP contribution < -0.4 is 0 Å². The third-order valence-corrected chi connectivity index (χ3v) is 23.2. The van der Waals surface area contributed by atoms with Gasteiger partial charge in [-0.25, -0.2) is 0 Å². The monoisotopic (exact) mass is 1310 g/mol. The van der Waals surface area contributed by atoms with Gasteiger partial charge in [-0.3, -0.25) is 19.2 Å². The average Bonchev–Trinajstić information content (AvgIpc) is 3.42. The Bertz CT molecular complexity index is 1370. The summed E-state index contributed by atoms with van der Waals surface area (Å²) in [5.74, 6) is 5.60. The summed E-state index contributed by atoms with van der Waals surface area (Å²) >= 11 is 14.6. The predicted molar refractivity (Wildman–Crippen MR) is 362 cm³/mol. The van der Waals surface area contributed by atoms with Crippen molar-refractivity contribution in [2.24, 2.45) is 0 Å². The van der Waals surface area contributed by atoms with Crippen molar-refractivity contribution in [2.45, 2.75) is 164 Å². The highest BCUT2D eigenvalue weighted by Gasteiger charge is 2.23. The fourth-order valence-electron chi connectivity index (χ4n) is 7.51. The summed E-state index contributed by atoms with van der Waals surface area (Å²) in [6.45, 7) is 38.5. The SMILES string of the molecule is CCCOCCSC(C)(C)SCCOC(=O)CCN(CCCN(C)CCCN(CCC(=O)OCCSC(C)(C)SCCOCCC)CCC(=O)OCCSC(C)(C)SCCOCCC)CCC(=O)OCCSC(C)(C)SCCOCCC. The van der Waals surface area contributed by atoms with E-state index in [0.29, 0.717) is 88.7 Å². The van der Waals surface area contributed by atoms with Crippen LogP contribution in [0.2, 0.25) is 0 Å². The van der Waals surface area contributed by atoms with Crippen LogP contribution >= 0.6 is 94.1 Å². The normalized spacial score (nSPS) is 12.5. The molecule has 486 valence electrons. The molecule has 82 heavy (non-hydrogen) atoms. The van der Waals surface area contributed by atoms with Gasteiger partial charge in [-0.1, -0.05) is 27.7 Å². The van der Waals surface area contributed by atoms with Crippen LogP contribution in [0.4, 0.5) is 0 Å². The van der Waals surface area contributed by atoms with Gasteiger partial charge in [0.15, 0.2) is 0 Å². The molecule has 23 heteroatoms. The van der Waals surface area contributed by atoms with Gasteiger partial charge in [0.2, 0.25) is 0 Å². The maximum Gasteiger partial charge on any atom is 0.307 e. The molecule has 0 heterocycles. The first-order valence-electron chi connectivity index (χ1n) is 30.3. The van der Waals surface area contributed by atoms with Crippen LogP contribution in [0, 0.1) is 0 Å². The van der Waals surface area contributed by atoms with Gasteiger partial charge >= 0.3 is 23.9 Å². The molecule has 0 atom stereocenters. The molecule has 0 rings (SSSR count). The molecule has 0 aromatic carbocycles. The van der Waals surface area contributed by atoms with Gasteiger partial charge in [0, 0.05) is 98.6 Å². The molecule has 0 saturated heterocycles. The quantitative estimate of drug-likeness (QED) is 0.0245. The van der Waals surface area contributed by atoms with Crippen molar-refractivity contribution in [3.8, 4) is 0 Å². The highest BCUT2D eigenvalue weighted by atomic mass is 32.2. The van der Waals surface area contributed by atoms with E-state index < -0.39 is 0 Å². The fraction of sp³-hybridized carbons (Fsp3) is 0.932. The summed E-state index contributed by atoms with van der Waals surface area (Å²) in [6, 6.07) is 0. The molecule has 0 radical (unpaired) electrons. The topological polar surface area (TPSA) is 152 Å². The van der Waals surface area contributed by atoms with Gasteiger partial charge in [-0.2, -0.15) is 0 Å². The number of carbonyl (C=O) groups is 4. The van der Waals surface area contributed by atoms with Gasteiger partial charge in [-0.05, 0) is 127 Å². The molecule has 0 N–H and O–H groups in total. The molecule has 0 fully saturated rings.